The van der Waals surface area contributed by atoms with Gasteiger partial charge in [-0.3, -0.25) is 0 Å². The van der Waals surface area contributed by atoms with Crippen LogP contribution in [0.15, 0.2) is 0 Å². The minimum atomic E-state index is 0.681. The van der Waals surface area contributed by atoms with E-state index in [-0.39, 0.29) is 0 Å². The quantitative estimate of drug-likeness (QED) is 0.864. The van der Waals surface area contributed by atoms with Gasteiger partial charge in [-0.1, -0.05) is 11.6 Å². The molecule has 0 spiro atoms. The third kappa shape index (κ3) is 2.24. The SMILES string of the molecule is Clc1nc(C[NH+]2CCCCC2)nc2sc3c(c12)CCC3. The van der Waals surface area contributed by atoms with Gasteiger partial charge in [0.15, 0.2) is 5.82 Å². The summed E-state index contributed by atoms with van der Waals surface area (Å²) >= 11 is 8.28. The highest BCUT2D eigenvalue weighted by molar-refractivity contribution is 7.19. The number of quaternary nitrogens is 1. The molecule has 2 aliphatic rings. The number of hydrogen-bond donors (Lipinski definition) is 1. The lowest BCUT2D eigenvalue weighted by Gasteiger charge is -2.22. The summed E-state index contributed by atoms with van der Waals surface area (Å²) < 4.78 is 0. The summed E-state index contributed by atoms with van der Waals surface area (Å²) in [4.78, 5) is 13.6. The van der Waals surface area contributed by atoms with E-state index in [1.54, 1.807) is 4.90 Å². The minimum Gasteiger partial charge on any atom is -0.329 e. The molecule has 4 rings (SSSR count). The second-order valence-electron chi connectivity index (χ2n) is 5.96. The summed E-state index contributed by atoms with van der Waals surface area (Å²) in [5, 5.41) is 1.82. The first kappa shape index (κ1) is 13.0. The first-order valence-electron chi connectivity index (χ1n) is 7.61. The molecule has 0 saturated carbocycles. The molecule has 1 saturated heterocycles. The van der Waals surface area contributed by atoms with Crippen molar-refractivity contribution < 1.29 is 4.90 Å². The molecule has 1 aliphatic carbocycles. The third-order valence-electron chi connectivity index (χ3n) is 4.54. The summed E-state index contributed by atoms with van der Waals surface area (Å²) in [6.07, 6.45) is 7.64. The number of nitrogens with zero attached hydrogens (tertiary/aromatic N) is 2. The van der Waals surface area contributed by atoms with Crippen LogP contribution in [0.4, 0.5) is 0 Å². The molecule has 106 valence electrons. The number of fused-ring (bicyclic) bond motifs is 3. The molecule has 0 atom stereocenters. The van der Waals surface area contributed by atoms with Gasteiger partial charge < -0.3 is 4.90 Å². The molecule has 5 heteroatoms. The van der Waals surface area contributed by atoms with E-state index >= 15 is 0 Å². The van der Waals surface area contributed by atoms with Crippen LogP contribution in [0.3, 0.4) is 0 Å². The maximum atomic E-state index is 6.45. The molecular weight excluding hydrogens is 290 g/mol. The fourth-order valence-corrected chi connectivity index (χ4v) is 5.16. The molecule has 1 fully saturated rings. The van der Waals surface area contributed by atoms with Crippen molar-refractivity contribution in [3.05, 3.63) is 21.4 Å². The van der Waals surface area contributed by atoms with Crippen molar-refractivity contribution in [1.29, 1.82) is 0 Å². The van der Waals surface area contributed by atoms with Crippen LogP contribution < -0.4 is 4.90 Å². The van der Waals surface area contributed by atoms with E-state index in [4.69, 9.17) is 16.6 Å². The fourth-order valence-electron chi connectivity index (χ4n) is 3.52. The van der Waals surface area contributed by atoms with Crippen molar-refractivity contribution in [3.63, 3.8) is 0 Å². The van der Waals surface area contributed by atoms with Crippen molar-refractivity contribution in [2.75, 3.05) is 13.1 Å². The number of nitrogens with one attached hydrogen (secondary N) is 1. The van der Waals surface area contributed by atoms with Crippen LogP contribution >= 0.6 is 22.9 Å². The van der Waals surface area contributed by atoms with Crippen molar-refractivity contribution in [1.82, 2.24) is 9.97 Å². The molecule has 20 heavy (non-hydrogen) atoms. The van der Waals surface area contributed by atoms with E-state index in [0.29, 0.717) is 5.15 Å². The number of halogens is 1. The number of likely N-dealkylation sites (tertiary alicyclic amines) is 1. The van der Waals surface area contributed by atoms with Gasteiger partial charge in [-0.2, -0.15) is 0 Å². The maximum Gasteiger partial charge on any atom is 0.186 e. The molecule has 0 aromatic carbocycles. The van der Waals surface area contributed by atoms with Gasteiger partial charge in [0.2, 0.25) is 0 Å². The zero-order valence-corrected chi connectivity index (χ0v) is 13.1. The van der Waals surface area contributed by atoms with Gasteiger partial charge in [-0.25, -0.2) is 9.97 Å². The van der Waals surface area contributed by atoms with E-state index in [1.807, 2.05) is 11.3 Å². The molecule has 3 heterocycles. The van der Waals surface area contributed by atoms with Crippen molar-refractivity contribution >= 4 is 33.2 Å². The summed E-state index contributed by atoms with van der Waals surface area (Å²) in [5.41, 5.74) is 1.42. The summed E-state index contributed by atoms with van der Waals surface area (Å²) in [5.74, 6) is 0.930. The predicted molar refractivity (Wildman–Crippen MR) is 82.7 cm³/mol. The highest BCUT2D eigenvalue weighted by Gasteiger charge is 2.23. The Labute approximate surface area is 128 Å². The molecular formula is C15H19ClN3S+. The lowest BCUT2D eigenvalue weighted by Crippen LogP contribution is -3.11. The molecule has 1 aliphatic heterocycles. The molecule has 0 radical (unpaired) electrons. The lowest BCUT2D eigenvalue weighted by atomic mass is 10.1. The van der Waals surface area contributed by atoms with Crippen molar-refractivity contribution in [2.45, 2.75) is 45.1 Å². The smallest absolute Gasteiger partial charge is 0.186 e. The van der Waals surface area contributed by atoms with Gasteiger partial charge in [-0.15, -0.1) is 11.3 Å². The summed E-state index contributed by atoms with van der Waals surface area (Å²) in [6.45, 7) is 3.43. The Morgan fingerprint density at radius 1 is 1.05 bits per heavy atom. The monoisotopic (exact) mass is 308 g/mol. The normalized spacial score (nSPS) is 19.6. The highest BCUT2D eigenvalue weighted by atomic mass is 35.5. The molecule has 2 aromatic heterocycles. The first-order chi connectivity index (χ1) is 9.81. The van der Waals surface area contributed by atoms with Crippen LogP contribution in [-0.4, -0.2) is 23.1 Å². The zero-order chi connectivity index (χ0) is 13.5. The predicted octanol–water partition coefficient (Wildman–Crippen LogP) is 2.40. The molecule has 3 nitrogen and oxygen atoms in total. The van der Waals surface area contributed by atoms with Gasteiger partial charge in [0, 0.05) is 4.88 Å². The van der Waals surface area contributed by atoms with Gasteiger partial charge in [0.25, 0.3) is 0 Å². The third-order valence-corrected chi connectivity index (χ3v) is 5.99. The standard InChI is InChI=1S/C15H18ClN3S/c16-14-13-10-5-4-6-11(10)20-15(13)18-12(17-14)9-19-7-2-1-3-8-19/h1-9H2/p+1. The van der Waals surface area contributed by atoms with Gasteiger partial charge in [-0.05, 0) is 44.1 Å². The Bertz CT molecular complexity index is 646. The Morgan fingerprint density at radius 3 is 2.75 bits per heavy atom. The zero-order valence-electron chi connectivity index (χ0n) is 11.5. The summed E-state index contributed by atoms with van der Waals surface area (Å²) in [7, 11) is 0. The second-order valence-corrected chi connectivity index (χ2v) is 7.40. The highest BCUT2D eigenvalue weighted by Crippen LogP contribution is 2.39. The average Bonchev–Trinajstić information content (AvgIpc) is 2.99. The Hall–Kier alpha value is -0.710. The van der Waals surface area contributed by atoms with E-state index in [2.05, 4.69) is 4.98 Å². The molecule has 2 aromatic rings. The number of aryl methyl sites for hydroxylation is 2. The minimum absolute atomic E-state index is 0.681. The van der Waals surface area contributed by atoms with Crippen LogP contribution in [0, 0.1) is 0 Å². The van der Waals surface area contributed by atoms with E-state index < -0.39 is 0 Å². The molecule has 0 bridgehead atoms. The van der Waals surface area contributed by atoms with Crippen LogP contribution in [0.5, 0.6) is 0 Å². The average molecular weight is 309 g/mol. The van der Waals surface area contributed by atoms with Crippen molar-refractivity contribution in [2.24, 2.45) is 0 Å². The van der Waals surface area contributed by atoms with E-state index in [0.717, 1.165) is 29.0 Å². The largest absolute Gasteiger partial charge is 0.329 e. The van der Waals surface area contributed by atoms with Crippen LogP contribution in [-0.2, 0) is 19.4 Å². The van der Waals surface area contributed by atoms with Gasteiger partial charge in [0.05, 0.1) is 18.5 Å². The van der Waals surface area contributed by atoms with Crippen molar-refractivity contribution in [3.8, 4) is 0 Å². The van der Waals surface area contributed by atoms with E-state index in [1.165, 1.54) is 55.6 Å². The van der Waals surface area contributed by atoms with Gasteiger partial charge >= 0.3 is 0 Å². The van der Waals surface area contributed by atoms with E-state index in [9.17, 15) is 0 Å². The van der Waals surface area contributed by atoms with Crippen LogP contribution in [0.25, 0.3) is 10.2 Å². The number of piperidine rings is 1. The number of rotatable bonds is 2. The molecule has 0 unspecified atom stereocenters. The Morgan fingerprint density at radius 2 is 1.90 bits per heavy atom. The summed E-state index contributed by atoms with van der Waals surface area (Å²) in [6, 6.07) is 0. The lowest BCUT2D eigenvalue weighted by molar-refractivity contribution is -0.919. The van der Waals surface area contributed by atoms with Gasteiger partial charge in [0.1, 0.15) is 16.5 Å². The first-order valence-corrected chi connectivity index (χ1v) is 8.81. The number of hydrogen-bond acceptors (Lipinski definition) is 3. The Kier molecular flexibility index (Phi) is 3.41. The van der Waals surface area contributed by atoms with Crippen LogP contribution in [0.2, 0.25) is 5.15 Å². The fraction of sp³-hybridized carbons (Fsp3) is 0.600. The second kappa shape index (κ2) is 5.24. The van der Waals surface area contributed by atoms with Crippen LogP contribution in [0.1, 0.15) is 41.9 Å². The number of aromatic nitrogens is 2. The topological polar surface area (TPSA) is 30.2 Å². The Balaban J connectivity index is 1.67. The molecule has 0 amide bonds. The maximum absolute atomic E-state index is 6.45. The molecule has 1 N–H and O–H groups in total. The number of thiophene rings is 1.